The van der Waals surface area contributed by atoms with Crippen molar-refractivity contribution in [2.75, 3.05) is 23.3 Å². The van der Waals surface area contributed by atoms with Crippen molar-refractivity contribution >= 4 is 17.3 Å². The molecule has 0 saturated heterocycles. The van der Waals surface area contributed by atoms with Gasteiger partial charge in [0, 0.05) is 25.0 Å². The molecule has 0 saturated carbocycles. The molecule has 0 aliphatic carbocycles. The first-order valence-electron chi connectivity index (χ1n) is 9.47. The van der Waals surface area contributed by atoms with E-state index in [0.29, 0.717) is 17.9 Å². The summed E-state index contributed by atoms with van der Waals surface area (Å²) in [5.41, 5.74) is 3.31. The number of aromatic nitrogens is 1. The fourth-order valence-corrected chi connectivity index (χ4v) is 2.89. The van der Waals surface area contributed by atoms with E-state index in [9.17, 15) is 4.79 Å². The van der Waals surface area contributed by atoms with Gasteiger partial charge in [0.25, 0.3) is 5.91 Å². The molecule has 0 radical (unpaired) electrons. The van der Waals surface area contributed by atoms with Crippen LogP contribution in [0.1, 0.15) is 29.8 Å². The average Bonchev–Trinajstić information content (AvgIpc) is 2.75. The second-order valence-electron chi connectivity index (χ2n) is 6.36. The Kier molecular flexibility index (Phi) is 6.63. The van der Waals surface area contributed by atoms with Gasteiger partial charge in [-0.2, -0.15) is 0 Å². The van der Waals surface area contributed by atoms with Gasteiger partial charge in [0.1, 0.15) is 12.4 Å². The minimum Gasteiger partial charge on any atom is -0.489 e. The number of nitrogens with zero attached hydrogens (tertiary/aromatic N) is 2. The molecule has 2 aromatic carbocycles. The molecule has 0 fully saturated rings. The molecule has 28 heavy (non-hydrogen) atoms. The number of carbonyl (C=O) groups is 1. The number of amides is 1. The van der Waals surface area contributed by atoms with Crippen LogP contribution in [0.5, 0.6) is 5.75 Å². The van der Waals surface area contributed by atoms with Crippen molar-refractivity contribution in [3.8, 4) is 5.75 Å². The smallest absolute Gasteiger partial charge is 0.257 e. The molecule has 0 spiro atoms. The third kappa shape index (κ3) is 5.10. The molecular formula is C23H25N3O2. The zero-order valence-corrected chi connectivity index (χ0v) is 16.3. The van der Waals surface area contributed by atoms with Gasteiger partial charge >= 0.3 is 0 Å². The number of anilines is 2. The average molecular weight is 375 g/mol. The van der Waals surface area contributed by atoms with E-state index >= 15 is 0 Å². The first-order chi connectivity index (χ1) is 13.7. The first-order valence-corrected chi connectivity index (χ1v) is 9.47. The Morgan fingerprint density at radius 1 is 1.00 bits per heavy atom. The van der Waals surface area contributed by atoms with E-state index in [-0.39, 0.29) is 5.91 Å². The van der Waals surface area contributed by atoms with Crippen LogP contribution >= 0.6 is 0 Å². The predicted octanol–water partition coefficient (Wildman–Crippen LogP) is 4.76. The zero-order valence-electron chi connectivity index (χ0n) is 16.3. The minimum atomic E-state index is -0.181. The van der Waals surface area contributed by atoms with Crippen LogP contribution in [0.2, 0.25) is 0 Å². The molecule has 1 amide bonds. The van der Waals surface area contributed by atoms with Crippen molar-refractivity contribution in [3.05, 3.63) is 84.2 Å². The van der Waals surface area contributed by atoms with Crippen molar-refractivity contribution in [2.24, 2.45) is 0 Å². The van der Waals surface area contributed by atoms with E-state index in [1.807, 2.05) is 60.7 Å². The molecule has 3 rings (SSSR count). The number of pyridine rings is 1. The fourth-order valence-electron chi connectivity index (χ4n) is 2.89. The highest BCUT2D eigenvalue weighted by Crippen LogP contribution is 2.19. The molecule has 5 heteroatoms. The Hall–Kier alpha value is -3.34. The Bertz CT molecular complexity index is 891. The van der Waals surface area contributed by atoms with Crippen molar-refractivity contribution in [1.29, 1.82) is 0 Å². The second kappa shape index (κ2) is 9.55. The number of carbonyl (C=O) groups excluding carboxylic acids is 1. The predicted molar refractivity (Wildman–Crippen MR) is 113 cm³/mol. The molecule has 0 aliphatic rings. The lowest BCUT2D eigenvalue weighted by atomic mass is 10.2. The van der Waals surface area contributed by atoms with Crippen LogP contribution in [0.15, 0.2) is 73.1 Å². The second-order valence-corrected chi connectivity index (χ2v) is 6.36. The highest BCUT2D eigenvalue weighted by molar-refractivity contribution is 6.04. The van der Waals surface area contributed by atoms with E-state index in [4.69, 9.17) is 4.74 Å². The quantitative estimate of drug-likeness (QED) is 0.617. The van der Waals surface area contributed by atoms with Gasteiger partial charge in [0.05, 0.1) is 17.4 Å². The molecule has 0 unspecified atom stereocenters. The van der Waals surface area contributed by atoms with Gasteiger partial charge in [-0.1, -0.05) is 30.3 Å². The Morgan fingerprint density at radius 2 is 1.71 bits per heavy atom. The standard InChI is InChI=1S/C23H25N3O2/c1-3-26(4-2)21-14-19(15-24-16-21)23(27)25-20-10-12-22(13-11-20)28-17-18-8-6-5-7-9-18/h5-16H,3-4,17H2,1-2H3,(H,25,27). The van der Waals surface area contributed by atoms with Crippen LogP contribution in [0.25, 0.3) is 0 Å². The van der Waals surface area contributed by atoms with E-state index in [0.717, 1.165) is 30.1 Å². The van der Waals surface area contributed by atoms with Crippen molar-refractivity contribution in [1.82, 2.24) is 4.98 Å². The van der Waals surface area contributed by atoms with Gasteiger partial charge in [0.2, 0.25) is 0 Å². The van der Waals surface area contributed by atoms with Crippen LogP contribution in [0.4, 0.5) is 11.4 Å². The third-order valence-electron chi connectivity index (χ3n) is 4.48. The van der Waals surface area contributed by atoms with E-state index in [2.05, 4.69) is 29.0 Å². The van der Waals surface area contributed by atoms with E-state index in [1.165, 1.54) is 0 Å². The van der Waals surface area contributed by atoms with Gasteiger partial charge in [-0.05, 0) is 49.7 Å². The number of nitrogens with one attached hydrogen (secondary N) is 1. The Labute approximate surface area is 166 Å². The highest BCUT2D eigenvalue weighted by Gasteiger charge is 2.10. The number of rotatable bonds is 8. The van der Waals surface area contributed by atoms with Crippen molar-refractivity contribution in [2.45, 2.75) is 20.5 Å². The van der Waals surface area contributed by atoms with E-state index in [1.54, 1.807) is 12.4 Å². The number of hydrogen-bond donors (Lipinski definition) is 1. The summed E-state index contributed by atoms with van der Waals surface area (Å²) in [5, 5.41) is 2.91. The molecule has 1 aromatic heterocycles. The summed E-state index contributed by atoms with van der Waals surface area (Å²) in [4.78, 5) is 18.9. The normalized spacial score (nSPS) is 10.4. The molecule has 1 heterocycles. The summed E-state index contributed by atoms with van der Waals surface area (Å²) in [7, 11) is 0. The minimum absolute atomic E-state index is 0.181. The summed E-state index contributed by atoms with van der Waals surface area (Å²) in [6, 6.07) is 19.2. The lowest BCUT2D eigenvalue weighted by Gasteiger charge is -2.20. The molecular weight excluding hydrogens is 350 g/mol. The summed E-state index contributed by atoms with van der Waals surface area (Å²) >= 11 is 0. The third-order valence-corrected chi connectivity index (χ3v) is 4.48. The van der Waals surface area contributed by atoms with Crippen LogP contribution < -0.4 is 15.0 Å². The summed E-state index contributed by atoms with van der Waals surface area (Å²) < 4.78 is 5.78. The Morgan fingerprint density at radius 3 is 2.39 bits per heavy atom. The van der Waals surface area contributed by atoms with Crippen molar-refractivity contribution in [3.63, 3.8) is 0 Å². The first kappa shape index (κ1) is 19.4. The molecule has 144 valence electrons. The summed E-state index contributed by atoms with van der Waals surface area (Å²) in [6.07, 6.45) is 3.36. The molecule has 5 nitrogen and oxygen atoms in total. The number of ether oxygens (including phenoxy) is 1. The summed E-state index contributed by atoms with van der Waals surface area (Å²) in [5.74, 6) is 0.575. The maximum Gasteiger partial charge on any atom is 0.257 e. The number of hydrogen-bond acceptors (Lipinski definition) is 4. The lowest BCUT2D eigenvalue weighted by Crippen LogP contribution is -2.22. The molecule has 3 aromatic rings. The van der Waals surface area contributed by atoms with Gasteiger partial charge in [-0.15, -0.1) is 0 Å². The maximum absolute atomic E-state index is 12.6. The molecule has 0 atom stereocenters. The van der Waals surface area contributed by atoms with Crippen LogP contribution in [-0.2, 0) is 6.61 Å². The van der Waals surface area contributed by atoms with Crippen LogP contribution in [-0.4, -0.2) is 24.0 Å². The zero-order chi connectivity index (χ0) is 19.8. The Balaban J connectivity index is 1.60. The summed E-state index contributed by atoms with van der Waals surface area (Å²) in [6.45, 7) is 6.41. The van der Waals surface area contributed by atoms with Crippen LogP contribution in [0, 0.1) is 0 Å². The van der Waals surface area contributed by atoms with Crippen LogP contribution in [0.3, 0.4) is 0 Å². The van der Waals surface area contributed by atoms with Gasteiger partial charge in [-0.3, -0.25) is 9.78 Å². The highest BCUT2D eigenvalue weighted by atomic mass is 16.5. The molecule has 1 N–H and O–H groups in total. The maximum atomic E-state index is 12.6. The van der Waals surface area contributed by atoms with Crippen molar-refractivity contribution < 1.29 is 9.53 Å². The van der Waals surface area contributed by atoms with E-state index < -0.39 is 0 Å². The number of benzene rings is 2. The molecule has 0 aliphatic heterocycles. The topological polar surface area (TPSA) is 54.5 Å². The van der Waals surface area contributed by atoms with Gasteiger partial charge in [-0.25, -0.2) is 0 Å². The largest absolute Gasteiger partial charge is 0.489 e. The van der Waals surface area contributed by atoms with Gasteiger partial charge < -0.3 is 15.0 Å². The monoisotopic (exact) mass is 375 g/mol. The molecule has 0 bridgehead atoms. The van der Waals surface area contributed by atoms with Gasteiger partial charge in [0.15, 0.2) is 0 Å². The SMILES string of the molecule is CCN(CC)c1cncc(C(=O)Nc2ccc(OCc3ccccc3)cc2)c1. The fraction of sp³-hybridized carbons (Fsp3) is 0.217. The lowest BCUT2D eigenvalue weighted by molar-refractivity contribution is 0.102.